The van der Waals surface area contributed by atoms with Gasteiger partial charge >= 0.3 is 6.09 Å². The fourth-order valence-corrected chi connectivity index (χ4v) is 4.74. The van der Waals surface area contributed by atoms with E-state index in [1.807, 2.05) is 7.05 Å². The lowest BCUT2D eigenvalue weighted by atomic mass is 10.0. The number of rotatable bonds is 13. The predicted molar refractivity (Wildman–Crippen MR) is 136 cm³/mol. The summed E-state index contributed by atoms with van der Waals surface area (Å²) in [6.45, 7) is 4.29. The first-order valence-electron chi connectivity index (χ1n) is 12.8. The zero-order valence-electron chi connectivity index (χ0n) is 22.1. The summed E-state index contributed by atoms with van der Waals surface area (Å²) >= 11 is 0. The first-order valence-corrected chi connectivity index (χ1v) is 12.8. The molecule has 1 N–H and O–H groups in total. The lowest BCUT2D eigenvalue weighted by Crippen LogP contribution is -2.46. The van der Waals surface area contributed by atoms with E-state index in [1.54, 1.807) is 32.3 Å². The van der Waals surface area contributed by atoms with Crippen molar-refractivity contribution in [3.8, 4) is 17.2 Å². The van der Waals surface area contributed by atoms with Crippen molar-refractivity contribution in [1.82, 2.24) is 9.80 Å². The number of methoxy groups -OCH3 is 3. The molecule has 2 aliphatic heterocycles. The van der Waals surface area contributed by atoms with E-state index in [-0.39, 0.29) is 24.6 Å². The molecule has 1 aromatic rings. The molecular formula is C26H41N3O7. The average molecular weight is 508 g/mol. The van der Waals surface area contributed by atoms with Gasteiger partial charge in [0.2, 0.25) is 5.91 Å². The summed E-state index contributed by atoms with van der Waals surface area (Å²) in [5.74, 6) is 1.88. The molecule has 0 saturated carbocycles. The van der Waals surface area contributed by atoms with Crippen molar-refractivity contribution < 1.29 is 33.3 Å². The Morgan fingerprint density at radius 2 is 1.78 bits per heavy atom. The minimum Gasteiger partial charge on any atom is -0.494 e. The van der Waals surface area contributed by atoms with Crippen molar-refractivity contribution in [1.29, 1.82) is 0 Å². The quantitative estimate of drug-likeness (QED) is 0.406. The molecule has 0 bridgehead atoms. The van der Waals surface area contributed by atoms with Gasteiger partial charge in [-0.2, -0.15) is 0 Å². The molecule has 202 valence electrons. The third-order valence-electron chi connectivity index (χ3n) is 6.89. The molecule has 2 aliphatic rings. The van der Waals surface area contributed by atoms with E-state index >= 15 is 0 Å². The lowest BCUT2D eigenvalue weighted by Gasteiger charge is -2.36. The summed E-state index contributed by atoms with van der Waals surface area (Å²) in [4.78, 5) is 28.2. The van der Waals surface area contributed by atoms with Crippen molar-refractivity contribution >= 4 is 17.7 Å². The maximum Gasteiger partial charge on any atom is 0.409 e. The van der Waals surface area contributed by atoms with Crippen molar-refractivity contribution in [3.63, 3.8) is 0 Å². The first kappa shape index (κ1) is 27.9. The van der Waals surface area contributed by atoms with E-state index in [0.29, 0.717) is 49.0 Å². The molecule has 10 nitrogen and oxygen atoms in total. The lowest BCUT2D eigenvalue weighted by molar-refractivity contribution is -0.116. The van der Waals surface area contributed by atoms with Gasteiger partial charge in [-0.05, 0) is 45.1 Å². The number of anilines is 1. The second-order valence-electron chi connectivity index (χ2n) is 9.21. The number of benzene rings is 1. The number of likely N-dealkylation sites (tertiary alicyclic amines) is 1. The summed E-state index contributed by atoms with van der Waals surface area (Å²) in [6.07, 6.45) is 5.74. The zero-order chi connectivity index (χ0) is 25.9. The third-order valence-corrected chi connectivity index (χ3v) is 6.89. The number of nitrogens with one attached hydrogen (secondary N) is 1. The fraction of sp³-hybridized carbons (Fsp3) is 0.692. The highest BCUT2D eigenvalue weighted by atomic mass is 16.6. The van der Waals surface area contributed by atoms with Crippen LogP contribution in [0.15, 0.2) is 6.07 Å². The number of carbonyl (C=O) groups is 2. The van der Waals surface area contributed by atoms with Crippen LogP contribution >= 0.6 is 0 Å². The van der Waals surface area contributed by atoms with Crippen LogP contribution in [-0.2, 0) is 20.7 Å². The Hall–Kier alpha value is -2.72. The van der Waals surface area contributed by atoms with Gasteiger partial charge in [0.15, 0.2) is 11.5 Å². The summed E-state index contributed by atoms with van der Waals surface area (Å²) < 4.78 is 27.3. The molecule has 3 rings (SSSR count). The van der Waals surface area contributed by atoms with Crippen LogP contribution in [0.4, 0.5) is 10.5 Å². The summed E-state index contributed by atoms with van der Waals surface area (Å²) in [7, 11) is 6.60. The summed E-state index contributed by atoms with van der Waals surface area (Å²) in [5, 5.41) is 2.91. The molecule has 1 fully saturated rings. The molecule has 2 amide bonds. The minimum absolute atomic E-state index is 0.0189. The van der Waals surface area contributed by atoms with E-state index in [4.69, 9.17) is 23.7 Å². The molecule has 2 heterocycles. The van der Waals surface area contributed by atoms with E-state index in [0.717, 1.165) is 57.3 Å². The van der Waals surface area contributed by atoms with Crippen LogP contribution in [0.2, 0.25) is 0 Å². The van der Waals surface area contributed by atoms with Gasteiger partial charge in [0, 0.05) is 51.3 Å². The predicted octanol–water partition coefficient (Wildman–Crippen LogP) is 3.32. The van der Waals surface area contributed by atoms with Gasteiger partial charge in [-0.1, -0.05) is 0 Å². The van der Waals surface area contributed by atoms with Crippen LogP contribution in [-0.4, -0.2) is 95.7 Å². The number of nitrogens with zero attached hydrogens (tertiary/aromatic N) is 2. The van der Waals surface area contributed by atoms with Crippen molar-refractivity contribution in [3.05, 3.63) is 11.6 Å². The maximum absolute atomic E-state index is 12.1. The summed E-state index contributed by atoms with van der Waals surface area (Å²) in [5.41, 5.74) is 1.61. The van der Waals surface area contributed by atoms with Gasteiger partial charge in [0.1, 0.15) is 12.4 Å². The van der Waals surface area contributed by atoms with Crippen molar-refractivity contribution in [2.24, 2.45) is 0 Å². The van der Waals surface area contributed by atoms with Crippen LogP contribution < -0.4 is 19.5 Å². The number of carbonyl (C=O) groups excluding carboxylic acids is 2. The number of piperidine rings is 1. The molecule has 10 heteroatoms. The molecular weight excluding hydrogens is 466 g/mol. The van der Waals surface area contributed by atoms with Gasteiger partial charge in [0.05, 0.1) is 33.1 Å². The molecule has 0 unspecified atom stereocenters. The third kappa shape index (κ3) is 7.39. The average Bonchev–Trinajstić information content (AvgIpc) is 2.90. The highest BCUT2D eigenvalue weighted by Crippen LogP contribution is 2.45. The van der Waals surface area contributed by atoms with E-state index in [9.17, 15) is 9.59 Å². The van der Waals surface area contributed by atoms with Crippen LogP contribution in [0.3, 0.4) is 0 Å². The number of amides is 2. The van der Waals surface area contributed by atoms with Gasteiger partial charge in [-0.25, -0.2) is 4.79 Å². The van der Waals surface area contributed by atoms with Crippen LogP contribution in [0.25, 0.3) is 0 Å². The van der Waals surface area contributed by atoms with E-state index in [2.05, 4.69) is 10.2 Å². The molecule has 1 saturated heterocycles. The van der Waals surface area contributed by atoms with Gasteiger partial charge in [-0.3, -0.25) is 4.79 Å². The SMILES string of the molecule is COCCOC(=O)N(C)C1CCN(CCCCCOc2c(OC)cc(OC)c3c2CCC(=O)N3)CC1. The van der Waals surface area contributed by atoms with E-state index in [1.165, 1.54) is 0 Å². The smallest absolute Gasteiger partial charge is 0.409 e. The Morgan fingerprint density at radius 3 is 2.47 bits per heavy atom. The highest BCUT2D eigenvalue weighted by Gasteiger charge is 2.27. The van der Waals surface area contributed by atoms with Crippen LogP contribution in [0, 0.1) is 0 Å². The molecule has 0 aromatic heterocycles. The summed E-state index contributed by atoms with van der Waals surface area (Å²) in [6, 6.07) is 1.99. The normalized spacial score (nSPS) is 16.2. The monoisotopic (exact) mass is 507 g/mol. The topological polar surface area (TPSA) is 98.8 Å². The van der Waals surface area contributed by atoms with Crippen LogP contribution in [0.5, 0.6) is 17.2 Å². The number of unbranched alkanes of at least 4 members (excludes halogenated alkanes) is 2. The number of hydrogen-bond donors (Lipinski definition) is 1. The zero-order valence-corrected chi connectivity index (χ0v) is 22.1. The molecule has 0 spiro atoms. The van der Waals surface area contributed by atoms with Gasteiger partial charge < -0.3 is 38.8 Å². The first-order chi connectivity index (χ1) is 17.5. The van der Waals surface area contributed by atoms with E-state index < -0.39 is 0 Å². The molecule has 1 aromatic carbocycles. The molecule has 36 heavy (non-hydrogen) atoms. The Morgan fingerprint density at radius 1 is 1.03 bits per heavy atom. The number of fused-ring (bicyclic) bond motifs is 1. The Bertz CT molecular complexity index is 872. The standard InChI is InChI=1S/C26H41N3O7/c1-28(26(31)36-17-16-32-2)19-10-13-29(14-11-19)12-6-5-7-15-35-25-20-8-9-23(30)27-24(20)21(33-3)18-22(25)34-4/h18-19H,5-17H2,1-4H3,(H,27,30). The molecule has 0 aliphatic carbocycles. The molecule has 0 atom stereocenters. The molecule has 0 radical (unpaired) electrons. The van der Waals surface area contributed by atoms with Gasteiger partial charge in [0.25, 0.3) is 0 Å². The maximum atomic E-state index is 12.1. The van der Waals surface area contributed by atoms with Crippen molar-refractivity contribution in [2.75, 3.05) is 73.1 Å². The Kier molecular flexibility index (Phi) is 10.9. The van der Waals surface area contributed by atoms with Crippen molar-refractivity contribution in [2.45, 2.75) is 51.0 Å². The Labute approximate surface area is 214 Å². The van der Waals surface area contributed by atoms with Crippen LogP contribution in [0.1, 0.15) is 44.1 Å². The number of hydrogen-bond acceptors (Lipinski definition) is 8. The largest absolute Gasteiger partial charge is 0.494 e. The second kappa shape index (κ2) is 14.1. The minimum atomic E-state index is -0.275. The number of ether oxygens (including phenoxy) is 5. The Balaban J connectivity index is 1.37. The highest BCUT2D eigenvalue weighted by molar-refractivity contribution is 5.97. The fourth-order valence-electron chi connectivity index (χ4n) is 4.74. The second-order valence-corrected chi connectivity index (χ2v) is 9.21. The van der Waals surface area contributed by atoms with Gasteiger partial charge in [-0.15, -0.1) is 0 Å².